The zero-order chi connectivity index (χ0) is 18.9. The Kier molecular flexibility index (Phi) is 7.48. The van der Waals surface area contributed by atoms with Gasteiger partial charge in [0.15, 0.2) is 0 Å². The topological polar surface area (TPSA) is 46.6 Å². The Morgan fingerprint density at radius 1 is 1.22 bits per heavy atom. The van der Waals surface area contributed by atoms with Gasteiger partial charge in [0.25, 0.3) is 0 Å². The van der Waals surface area contributed by atoms with Crippen LogP contribution >= 0.6 is 0 Å². The predicted molar refractivity (Wildman–Crippen MR) is 108 cm³/mol. The van der Waals surface area contributed by atoms with Crippen LogP contribution in [0.4, 0.5) is 0 Å². The van der Waals surface area contributed by atoms with Gasteiger partial charge in [-0.25, -0.2) is 0 Å². The Hall–Kier alpha value is -2.11. The molecule has 0 aliphatic carbocycles. The lowest BCUT2D eigenvalue weighted by molar-refractivity contribution is 0.161. The number of aromatic nitrogens is 1. The molecule has 0 saturated carbocycles. The Bertz CT molecular complexity index is 693. The first kappa shape index (κ1) is 19.6. The second kappa shape index (κ2) is 10.3. The largest absolute Gasteiger partial charge is 0.497 e. The maximum atomic E-state index is 6.02. The fraction of sp³-hybridized carbons (Fsp3) is 0.500. The molecule has 5 heteroatoms. The zero-order valence-electron chi connectivity index (χ0n) is 16.5. The highest BCUT2D eigenvalue weighted by Gasteiger charge is 2.17. The fourth-order valence-electron chi connectivity index (χ4n) is 3.53. The molecule has 0 spiro atoms. The van der Waals surface area contributed by atoms with Crippen molar-refractivity contribution in [1.29, 1.82) is 0 Å². The van der Waals surface area contributed by atoms with E-state index in [0.717, 1.165) is 42.4 Å². The average Bonchev–Trinajstić information content (AvgIpc) is 2.72. The SMILES string of the molecule is COc1ccc(OCc2ccccn2)c(CNCCN2CCCCC2C)c1. The van der Waals surface area contributed by atoms with E-state index in [-0.39, 0.29) is 0 Å². The quantitative estimate of drug-likeness (QED) is 0.684. The number of piperidine rings is 1. The van der Waals surface area contributed by atoms with Gasteiger partial charge < -0.3 is 14.8 Å². The van der Waals surface area contributed by atoms with Crippen LogP contribution in [0.5, 0.6) is 11.5 Å². The van der Waals surface area contributed by atoms with Crippen molar-refractivity contribution in [2.24, 2.45) is 0 Å². The van der Waals surface area contributed by atoms with Crippen LogP contribution in [-0.2, 0) is 13.2 Å². The van der Waals surface area contributed by atoms with E-state index in [9.17, 15) is 0 Å². The maximum absolute atomic E-state index is 6.02. The molecular formula is C22H31N3O2. The van der Waals surface area contributed by atoms with Gasteiger partial charge >= 0.3 is 0 Å². The summed E-state index contributed by atoms with van der Waals surface area (Å²) in [5, 5.41) is 3.57. The molecule has 1 unspecified atom stereocenters. The standard InChI is InChI=1S/C22H31N3O2/c1-18-7-4-6-13-25(18)14-12-23-16-19-15-21(26-2)9-10-22(19)27-17-20-8-3-5-11-24-20/h3,5,8-11,15,18,23H,4,6-7,12-14,16-17H2,1-2H3. The molecule has 0 amide bonds. The van der Waals surface area contributed by atoms with Gasteiger partial charge in [-0.15, -0.1) is 0 Å². The van der Waals surface area contributed by atoms with Gasteiger partial charge in [0.05, 0.1) is 12.8 Å². The van der Waals surface area contributed by atoms with Crippen LogP contribution < -0.4 is 14.8 Å². The number of ether oxygens (including phenoxy) is 2. The molecule has 5 nitrogen and oxygen atoms in total. The molecule has 1 atom stereocenters. The van der Waals surface area contributed by atoms with Crippen molar-refractivity contribution in [3.63, 3.8) is 0 Å². The fourth-order valence-corrected chi connectivity index (χ4v) is 3.53. The molecule has 146 valence electrons. The lowest BCUT2D eigenvalue weighted by Gasteiger charge is -2.33. The Labute approximate surface area is 162 Å². The number of benzene rings is 1. The van der Waals surface area contributed by atoms with E-state index in [1.54, 1.807) is 13.3 Å². The second-order valence-corrected chi connectivity index (χ2v) is 7.14. The van der Waals surface area contributed by atoms with Crippen molar-refractivity contribution < 1.29 is 9.47 Å². The summed E-state index contributed by atoms with van der Waals surface area (Å²) in [6.07, 6.45) is 5.80. The molecule has 0 bridgehead atoms. The summed E-state index contributed by atoms with van der Waals surface area (Å²) < 4.78 is 11.4. The van der Waals surface area contributed by atoms with Crippen molar-refractivity contribution in [2.45, 2.75) is 45.4 Å². The highest BCUT2D eigenvalue weighted by Crippen LogP contribution is 2.25. The number of nitrogens with one attached hydrogen (secondary N) is 1. The third-order valence-electron chi connectivity index (χ3n) is 5.20. The van der Waals surface area contributed by atoms with Gasteiger partial charge in [0, 0.05) is 37.4 Å². The summed E-state index contributed by atoms with van der Waals surface area (Å²) in [4.78, 5) is 6.90. The summed E-state index contributed by atoms with van der Waals surface area (Å²) in [6.45, 7) is 6.85. The maximum Gasteiger partial charge on any atom is 0.130 e. The van der Waals surface area contributed by atoms with Gasteiger partial charge in [-0.05, 0) is 56.6 Å². The molecule has 1 aliphatic rings. The van der Waals surface area contributed by atoms with Crippen molar-refractivity contribution in [1.82, 2.24) is 15.2 Å². The van der Waals surface area contributed by atoms with E-state index in [2.05, 4.69) is 22.1 Å². The van der Waals surface area contributed by atoms with Crippen molar-refractivity contribution in [3.8, 4) is 11.5 Å². The number of likely N-dealkylation sites (tertiary alicyclic amines) is 1. The normalized spacial score (nSPS) is 17.6. The predicted octanol–water partition coefficient (Wildman–Crippen LogP) is 3.63. The number of pyridine rings is 1. The van der Waals surface area contributed by atoms with Crippen LogP contribution in [-0.4, -0.2) is 42.7 Å². The first-order valence-corrected chi connectivity index (χ1v) is 9.90. The smallest absolute Gasteiger partial charge is 0.130 e. The van der Waals surface area contributed by atoms with E-state index in [1.165, 1.54) is 25.8 Å². The summed E-state index contributed by atoms with van der Waals surface area (Å²) in [5.74, 6) is 1.72. The number of methoxy groups -OCH3 is 1. The van der Waals surface area contributed by atoms with Gasteiger partial charge in [0.1, 0.15) is 18.1 Å². The molecule has 1 N–H and O–H groups in total. The number of nitrogens with zero attached hydrogens (tertiary/aromatic N) is 2. The van der Waals surface area contributed by atoms with Crippen LogP contribution in [0.1, 0.15) is 37.4 Å². The molecule has 1 aromatic heterocycles. The highest BCUT2D eigenvalue weighted by molar-refractivity contribution is 5.40. The molecule has 1 aliphatic heterocycles. The van der Waals surface area contributed by atoms with Crippen LogP contribution in [0, 0.1) is 0 Å². The highest BCUT2D eigenvalue weighted by atomic mass is 16.5. The first-order chi connectivity index (χ1) is 13.3. The van der Waals surface area contributed by atoms with Crippen LogP contribution in [0.15, 0.2) is 42.6 Å². The minimum absolute atomic E-state index is 0.464. The minimum atomic E-state index is 0.464. The van der Waals surface area contributed by atoms with Gasteiger partial charge in [-0.3, -0.25) is 9.88 Å². The minimum Gasteiger partial charge on any atom is -0.497 e. The molecule has 1 aromatic carbocycles. The van der Waals surface area contributed by atoms with Crippen molar-refractivity contribution in [3.05, 3.63) is 53.9 Å². The lowest BCUT2D eigenvalue weighted by atomic mass is 10.0. The third-order valence-corrected chi connectivity index (χ3v) is 5.20. The van der Waals surface area contributed by atoms with Crippen molar-refractivity contribution >= 4 is 0 Å². The number of rotatable bonds is 9. The molecule has 3 rings (SSSR count). The Balaban J connectivity index is 1.54. The summed E-state index contributed by atoms with van der Waals surface area (Å²) in [7, 11) is 1.69. The van der Waals surface area contributed by atoms with E-state index in [0.29, 0.717) is 12.6 Å². The first-order valence-electron chi connectivity index (χ1n) is 9.90. The van der Waals surface area contributed by atoms with Crippen LogP contribution in [0.3, 0.4) is 0 Å². The molecule has 2 heterocycles. The molecule has 0 radical (unpaired) electrons. The number of hydrogen-bond acceptors (Lipinski definition) is 5. The average molecular weight is 370 g/mol. The van der Waals surface area contributed by atoms with Gasteiger partial charge in [0.2, 0.25) is 0 Å². The third kappa shape index (κ3) is 5.94. The molecule has 2 aromatic rings. The Morgan fingerprint density at radius 2 is 2.15 bits per heavy atom. The molecule has 1 fully saturated rings. The number of hydrogen-bond donors (Lipinski definition) is 1. The van der Waals surface area contributed by atoms with E-state index in [1.807, 2.05) is 36.4 Å². The van der Waals surface area contributed by atoms with E-state index < -0.39 is 0 Å². The van der Waals surface area contributed by atoms with E-state index in [4.69, 9.17) is 9.47 Å². The second-order valence-electron chi connectivity index (χ2n) is 7.14. The summed E-state index contributed by atoms with van der Waals surface area (Å²) in [5.41, 5.74) is 2.03. The zero-order valence-corrected chi connectivity index (χ0v) is 16.5. The molecular weight excluding hydrogens is 338 g/mol. The summed E-state index contributed by atoms with van der Waals surface area (Å²) in [6, 6.07) is 12.5. The monoisotopic (exact) mass is 369 g/mol. The van der Waals surface area contributed by atoms with E-state index >= 15 is 0 Å². The molecule has 27 heavy (non-hydrogen) atoms. The van der Waals surface area contributed by atoms with Crippen molar-refractivity contribution in [2.75, 3.05) is 26.7 Å². The molecule has 1 saturated heterocycles. The van der Waals surface area contributed by atoms with Gasteiger partial charge in [-0.2, -0.15) is 0 Å². The summed E-state index contributed by atoms with van der Waals surface area (Å²) >= 11 is 0. The van der Waals surface area contributed by atoms with Crippen LogP contribution in [0.25, 0.3) is 0 Å². The lowest BCUT2D eigenvalue weighted by Crippen LogP contribution is -2.41. The van der Waals surface area contributed by atoms with Crippen LogP contribution in [0.2, 0.25) is 0 Å². The Morgan fingerprint density at radius 3 is 2.93 bits per heavy atom. The van der Waals surface area contributed by atoms with Gasteiger partial charge in [-0.1, -0.05) is 12.5 Å².